The minimum atomic E-state index is -4.62. The van der Waals surface area contributed by atoms with E-state index in [1.165, 1.54) is 0 Å². The van der Waals surface area contributed by atoms with E-state index in [0.717, 1.165) is 12.1 Å². The molecule has 0 N–H and O–H groups in total. The van der Waals surface area contributed by atoms with E-state index in [2.05, 4.69) is 5.92 Å². The van der Waals surface area contributed by atoms with Crippen LogP contribution in [-0.2, 0) is 11.6 Å². The molecular formula is C12H8F3NO2. The predicted molar refractivity (Wildman–Crippen MR) is 57.8 cm³/mol. The van der Waals surface area contributed by atoms with Crippen LogP contribution in [0.3, 0.4) is 0 Å². The van der Waals surface area contributed by atoms with Crippen molar-refractivity contribution >= 4 is 5.69 Å². The third kappa shape index (κ3) is 2.04. The van der Waals surface area contributed by atoms with E-state index in [-0.39, 0.29) is 5.56 Å². The van der Waals surface area contributed by atoms with Crippen molar-refractivity contribution in [2.45, 2.75) is 24.4 Å². The summed E-state index contributed by atoms with van der Waals surface area (Å²) in [7, 11) is 0. The largest absolute Gasteiger partial charge is 0.416 e. The molecule has 3 nitrogen and oxygen atoms in total. The summed E-state index contributed by atoms with van der Waals surface area (Å²) in [5.74, 6) is 2.42. The average molecular weight is 255 g/mol. The van der Waals surface area contributed by atoms with Gasteiger partial charge in [-0.15, -0.1) is 6.42 Å². The van der Waals surface area contributed by atoms with Gasteiger partial charge in [-0.05, 0) is 24.5 Å². The van der Waals surface area contributed by atoms with Gasteiger partial charge in [0.1, 0.15) is 0 Å². The van der Waals surface area contributed by atoms with Crippen LogP contribution in [0.2, 0.25) is 0 Å². The van der Waals surface area contributed by atoms with Crippen LogP contribution in [0.5, 0.6) is 0 Å². The summed E-state index contributed by atoms with van der Waals surface area (Å²) >= 11 is 0. The molecule has 1 aromatic rings. The molecule has 0 radical (unpaired) electrons. The first-order valence-corrected chi connectivity index (χ1v) is 5.13. The third-order valence-corrected chi connectivity index (χ3v) is 3.03. The SMILES string of the molecule is C#CC1(c2cc([N+](=O)[O-])cc(C(F)(F)F)c2)CC1. The Morgan fingerprint density at radius 2 is 1.94 bits per heavy atom. The Morgan fingerprint density at radius 1 is 1.33 bits per heavy atom. The molecule has 1 aliphatic rings. The first-order chi connectivity index (χ1) is 8.28. The highest BCUT2D eigenvalue weighted by Gasteiger charge is 2.45. The number of benzene rings is 1. The zero-order chi connectivity index (χ0) is 13.6. The van der Waals surface area contributed by atoms with Crippen LogP contribution in [-0.4, -0.2) is 4.92 Å². The summed E-state index contributed by atoms with van der Waals surface area (Å²) in [6.07, 6.45) is 1.78. The van der Waals surface area contributed by atoms with E-state index in [4.69, 9.17) is 6.42 Å². The van der Waals surface area contributed by atoms with E-state index in [0.29, 0.717) is 18.9 Å². The van der Waals surface area contributed by atoms with Crippen LogP contribution < -0.4 is 0 Å². The molecule has 1 saturated carbocycles. The van der Waals surface area contributed by atoms with E-state index >= 15 is 0 Å². The number of nitro benzene ring substituents is 1. The number of hydrogen-bond acceptors (Lipinski definition) is 2. The van der Waals surface area contributed by atoms with Crippen molar-refractivity contribution in [3.63, 3.8) is 0 Å². The maximum Gasteiger partial charge on any atom is 0.416 e. The molecule has 2 rings (SSSR count). The van der Waals surface area contributed by atoms with Gasteiger partial charge in [-0.3, -0.25) is 10.1 Å². The summed E-state index contributed by atoms with van der Waals surface area (Å²) in [5, 5.41) is 10.7. The van der Waals surface area contributed by atoms with Crippen molar-refractivity contribution in [3.05, 3.63) is 39.4 Å². The van der Waals surface area contributed by atoms with E-state index in [1.54, 1.807) is 0 Å². The highest BCUT2D eigenvalue weighted by molar-refractivity contribution is 5.49. The maximum atomic E-state index is 12.6. The second-order valence-corrected chi connectivity index (χ2v) is 4.25. The molecule has 18 heavy (non-hydrogen) atoms. The highest BCUT2D eigenvalue weighted by Crippen LogP contribution is 2.49. The molecule has 1 fully saturated rings. The molecule has 0 unspecified atom stereocenters. The smallest absolute Gasteiger partial charge is 0.258 e. The molecule has 0 heterocycles. The van der Waals surface area contributed by atoms with Gasteiger partial charge in [0.05, 0.1) is 15.9 Å². The number of rotatable bonds is 2. The Bertz CT molecular complexity index is 553. The van der Waals surface area contributed by atoms with Crippen LogP contribution in [0.1, 0.15) is 24.0 Å². The van der Waals surface area contributed by atoms with Crippen LogP contribution in [0.4, 0.5) is 18.9 Å². The summed E-state index contributed by atoms with van der Waals surface area (Å²) in [5.41, 5.74) is -2.17. The van der Waals surface area contributed by atoms with Crippen LogP contribution in [0.25, 0.3) is 0 Å². The van der Waals surface area contributed by atoms with Gasteiger partial charge in [0.15, 0.2) is 0 Å². The van der Waals surface area contributed by atoms with Gasteiger partial charge in [-0.2, -0.15) is 13.2 Å². The molecule has 6 heteroatoms. The Hall–Kier alpha value is -2.03. The molecule has 0 amide bonds. The van der Waals surface area contributed by atoms with E-state index in [1.807, 2.05) is 0 Å². The maximum absolute atomic E-state index is 12.6. The minimum Gasteiger partial charge on any atom is -0.258 e. The molecular weight excluding hydrogens is 247 g/mol. The fourth-order valence-corrected chi connectivity index (χ4v) is 1.80. The Balaban J connectivity index is 2.59. The molecule has 0 spiro atoms. The van der Waals surface area contributed by atoms with Crippen LogP contribution >= 0.6 is 0 Å². The molecule has 0 bridgehead atoms. The lowest BCUT2D eigenvalue weighted by Crippen LogP contribution is -2.10. The zero-order valence-corrected chi connectivity index (χ0v) is 9.12. The van der Waals surface area contributed by atoms with Gasteiger partial charge in [0.25, 0.3) is 5.69 Å². The van der Waals surface area contributed by atoms with E-state index < -0.39 is 27.8 Å². The van der Waals surface area contributed by atoms with Gasteiger partial charge in [-0.1, -0.05) is 5.92 Å². The van der Waals surface area contributed by atoms with Crippen molar-refractivity contribution in [2.75, 3.05) is 0 Å². The van der Waals surface area contributed by atoms with Crippen molar-refractivity contribution < 1.29 is 18.1 Å². The van der Waals surface area contributed by atoms with Crippen molar-refractivity contribution in [1.82, 2.24) is 0 Å². The minimum absolute atomic E-state index is 0.200. The quantitative estimate of drug-likeness (QED) is 0.462. The number of nitrogens with zero attached hydrogens (tertiary/aromatic N) is 1. The number of alkyl halides is 3. The first kappa shape index (κ1) is 12.4. The summed E-state index contributed by atoms with van der Waals surface area (Å²) in [6.45, 7) is 0. The zero-order valence-electron chi connectivity index (χ0n) is 9.12. The molecule has 1 aromatic carbocycles. The van der Waals surface area contributed by atoms with Crippen molar-refractivity contribution in [1.29, 1.82) is 0 Å². The summed E-state index contributed by atoms with van der Waals surface area (Å²) in [4.78, 5) is 9.81. The lowest BCUT2D eigenvalue weighted by Gasteiger charge is -2.12. The first-order valence-electron chi connectivity index (χ1n) is 5.13. The van der Waals surface area contributed by atoms with Gasteiger partial charge >= 0.3 is 6.18 Å². The van der Waals surface area contributed by atoms with Crippen molar-refractivity contribution in [3.8, 4) is 12.3 Å². The molecule has 0 aliphatic heterocycles. The third-order valence-electron chi connectivity index (χ3n) is 3.03. The summed E-state index contributed by atoms with van der Waals surface area (Å²) < 4.78 is 37.9. The highest BCUT2D eigenvalue weighted by atomic mass is 19.4. The Labute approximate surface area is 101 Å². The lowest BCUT2D eigenvalue weighted by molar-refractivity contribution is -0.385. The van der Waals surface area contributed by atoms with Gasteiger partial charge in [0, 0.05) is 12.1 Å². The van der Waals surface area contributed by atoms with Gasteiger partial charge in [0.2, 0.25) is 0 Å². The summed E-state index contributed by atoms with van der Waals surface area (Å²) in [6, 6.07) is 2.55. The number of nitro groups is 1. The molecule has 94 valence electrons. The number of non-ortho nitro benzene ring substituents is 1. The molecule has 0 atom stereocenters. The fraction of sp³-hybridized carbons (Fsp3) is 0.333. The fourth-order valence-electron chi connectivity index (χ4n) is 1.80. The monoisotopic (exact) mass is 255 g/mol. The Kier molecular flexibility index (Phi) is 2.58. The topological polar surface area (TPSA) is 43.1 Å². The predicted octanol–water partition coefficient (Wildman–Crippen LogP) is 3.28. The standard InChI is InChI=1S/C12H8F3NO2/c1-2-11(3-4-11)8-5-9(12(13,14)15)7-10(6-8)16(17)18/h1,5-7H,3-4H2. The van der Waals surface area contributed by atoms with E-state index in [9.17, 15) is 23.3 Å². The second-order valence-electron chi connectivity index (χ2n) is 4.25. The Morgan fingerprint density at radius 3 is 2.33 bits per heavy atom. The van der Waals surface area contributed by atoms with Crippen molar-refractivity contribution in [2.24, 2.45) is 0 Å². The average Bonchev–Trinajstić information content (AvgIpc) is 3.08. The normalized spacial score (nSPS) is 17.0. The van der Waals surface area contributed by atoms with Crippen LogP contribution in [0, 0.1) is 22.5 Å². The molecule has 1 aliphatic carbocycles. The molecule has 0 aromatic heterocycles. The van der Waals surface area contributed by atoms with Crippen LogP contribution in [0.15, 0.2) is 18.2 Å². The number of hydrogen-bond donors (Lipinski definition) is 0. The second kappa shape index (κ2) is 3.73. The molecule has 0 saturated heterocycles. The van der Waals surface area contributed by atoms with Gasteiger partial charge in [-0.25, -0.2) is 0 Å². The van der Waals surface area contributed by atoms with Gasteiger partial charge < -0.3 is 0 Å². The number of terminal acetylenes is 1. The lowest BCUT2D eigenvalue weighted by atomic mass is 9.94. The number of halogens is 3.